The third-order valence-corrected chi connectivity index (χ3v) is 5.04. The van der Waals surface area contributed by atoms with Gasteiger partial charge in [-0.15, -0.1) is 12.4 Å². The van der Waals surface area contributed by atoms with Crippen LogP contribution in [-0.4, -0.2) is 32.4 Å². The van der Waals surface area contributed by atoms with Crippen molar-refractivity contribution in [3.63, 3.8) is 0 Å². The van der Waals surface area contributed by atoms with Gasteiger partial charge in [-0.3, -0.25) is 14.6 Å². The molecular weight excluding hydrogens is 383 g/mol. The molecule has 0 aliphatic carbocycles. The van der Waals surface area contributed by atoms with Gasteiger partial charge in [-0.05, 0) is 50.1 Å². The molecule has 0 bridgehead atoms. The van der Waals surface area contributed by atoms with Crippen LogP contribution in [0.3, 0.4) is 0 Å². The van der Waals surface area contributed by atoms with Crippen LogP contribution in [0.4, 0.5) is 10.1 Å². The van der Waals surface area contributed by atoms with Crippen molar-refractivity contribution < 1.29 is 9.18 Å². The number of rotatable bonds is 3. The fourth-order valence-electron chi connectivity index (χ4n) is 3.53. The van der Waals surface area contributed by atoms with Gasteiger partial charge < -0.3 is 10.6 Å². The molecule has 28 heavy (non-hydrogen) atoms. The normalized spacial score (nSPS) is 13.0. The highest BCUT2D eigenvalue weighted by Gasteiger charge is 2.20. The Morgan fingerprint density at radius 2 is 2.11 bits per heavy atom. The fourth-order valence-corrected chi connectivity index (χ4v) is 3.53. The SMILES string of the molecule is Cc1nn(C)c(C)c1-c1cc(C(=O)Nc2ccc3c(c2F)CCNC3)[nH]n1.Cl. The third kappa shape index (κ3) is 3.41. The second kappa shape index (κ2) is 7.73. The number of halogens is 2. The predicted molar refractivity (Wildman–Crippen MR) is 107 cm³/mol. The van der Waals surface area contributed by atoms with E-state index in [2.05, 4.69) is 25.9 Å². The Morgan fingerprint density at radius 3 is 2.82 bits per heavy atom. The standard InChI is InChI=1S/C19H21FN6O.ClH/c1-10-17(11(2)26(3)25-10)15-8-16(24-23-15)19(27)22-14-5-4-12-9-21-7-6-13(12)18(14)20;/h4-5,8,21H,6-7,9H2,1-3H3,(H,22,27)(H,23,24);1H. The average molecular weight is 405 g/mol. The molecule has 1 amide bonds. The Hall–Kier alpha value is -2.71. The van der Waals surface area contributed by atoms with E-state index in [1.807, 2.05) is 27.0 Å². The highest BCUT2D eigenvalue weighted by Crippen LogP contribution is 2.27. The molecule has 1 aliphatic heterocycles. The summed E-state index contributed by atoms with van der Waals surface area (Å²) in [6.45, 7) is 5.22. The number of hydrogen-bond acceptors (Lipinski definition) is 4. The topological polar surface area (TPSA) is 87.6 Å². The van der Waals surface area contributed by atoms with E-state index in [9.17, 15) is 9.18 Å². The molecule has 9 heteroatoms. The first-order valence-corrected chi connectivity index (χ1v) is 8.84. The minimum absolute atomic E-state index is 0. The number of aromatic amines is 1. The molecule has 1 aliphatic rings. The van der Waals surface area contributed by atoms with Crippen LogP contribution >= 0.6 is 12.4 Å². The second-order valence-corrected chi connectivity index (χ2v) is 6.78. The maximum absolute atomic E-state index is 14.7. The molecule has 3 heterocycles. The van der Waals surface area contributed by atoms with Gasteiger partial charge in [0.25, 0.3) is 5.91 Å². The van der Waals surface area contributed by atoms with Crippen LogP contribution in [0.2, 0.25) is 0 Å². The van der Waals surface area contributed by atoms with Crippen LogP contribution in [0.25, 0.3) is 11.3 Å². The molecule has 0 unspecified atom stereocenters. The van der Waals surface area contributed by atoms with Crippen LogP contribution in [-0.2, 0) is 20.0 Å². The molecule has 7 nitrogen and oxygen atoms in total. The Morgan fingerprint density at radius 1 is 1.32 bits per heavy atom. The summed E-state index contributed by atoms with van der Waals surface area (Å²) in [5, 5.41) is 17.2. The lowest BCUT2D eigenvalue weighted by Crippen LogP contribution is -2.25. The van der Waals surface area contributed by atoms with Gasteiger partial charge in [-0.2, -0.15) is 10.2 Å². The summed E-state index contributed by atoms with van der Waals surface area (Å²) < 4.78 is 16.5. The number of anilines is 1. The second-order valence-electron chi connectivity index (χ2n) is 6.78. The number of fused-ring (bicyclic) bond motifs is 1. The zero-order chi connectivity index (χ0) is 19.1. The molecule has 0 saturated carbocycles. The number of nitrogens with one attached hydrogen (secondary N) is 3. The molecule has 0 atom stereocenters. The van der Waals surface area contributed by atoms with Crippen LogP contribution in [0.1, 0.15) is 33.0 Å². The highest BCUT2D eigenvalue weighted by atomic mass is 35.5. The van der Waals surface area contributed by atoms with Crippen LogP contribution in [0.15, 0.2) is 18.2 Å². The van der Waals surface area contributed by atoms with Crippen molar-refractivity contribution in [3.05, 3.63) is 52.2 Å². The number of benzene rings is 1. The first-order valence-electron chi connectivity index (χ1n) is 8.84. The van der Waals surface area contributed by atoms with E-state index < -0.39 is 5.91 Å². The van der Waals surface area contributed by atoms with E-state index in [0.29, 0.717) is 24.2 Å². The Kier molecular flexibility index (Phi) is 5.53. The van der Waals surface area contributed by atoms with Crippen molar-refractivity contribution in [1.82, 2.24) is 25.3 Å². The molecule has 0 radical (unpaired) electrons. The number of nitrogens with zero attached hydrogens (tertiary/aromatic N) is 3. The predicted octanol–water partition coefficient (Wildman–Crippen LogP) is 2.89. The monoisotopic (exact) mass is 404 g/mol. The zero-order valence-electron chi connectivity index (χ0n) is 15.9. The summed E-state index contributed by atoms with van der Waals surface area (Å²) in [5.41, 5.74) is 5.38. The quantitative estimate of drug-likeness (QED) is 0.626. The number of aryl methyl sites for hydroxylation is 2. The molecular formula is C19H22ClFN6O. The van der Waals surface area contributed by atoms with Gasteiger partial charge in [0.1, 0.15) is 11.5 Å². The van der Waals surface area contributed by atoms with E-state index >= 15 is 0 Å². The van der Waals surface area contributed by atoms with E-state index in [1.54, 1.807) is 16.8 Å². The van der Waals surface area contributed by atoms with Gasteiger partial charge >= 0.3 is 0 Å². The van der Waals surface area contributed by atoms with Crippen molar-refractivity contribution in [3.8, 4) is 11.3 Å². The smallest absolute Gasteiger partial charge is 0.273 e. The fraction of sp³-hybridized carbons (Fsp3) is 0.316. The van der Waals surface area contributed by atoms with E-state index in [4.69, 9.17) is 0 Å². The lowest BCUT2D eigenvalue weighted by molar-refractivity contribution is 0.102. The lowest BCUT2D eigenvalue weighted by atomic mass is 9.99. The summed E-state index contributed by atoms with van der Waals surface area (Å²) in [5.74, 6) is -0.790. The van der Waals surface area contributed by atoms with Gasteiger partial charge in [-0.25, -0.2) is 4.39 Å². The number of carbonyl (C=O) groups is 1. The maximum atomic E-state index is 14.7. The maximum Gasteiger partial charge on any atom is 0.273 e. The molecule has 0 spiro atoms. The van der Waals surface area contributed by atoms with Gasteiger partial charge in [0.15, 0.2) is 0 Å². The highest BCUT2D eigenvalue weighted by molar-refractivity contribution is 6.03. The van der Waals surface area contributed by atoms with E-state index in [1.165, 1.54) is 0 Å². The molecule has 0 fully saturated rings. The first kappa shape index (κ1) is 20.0. The average Bonchev–Trinajstić information content (AvgIpc) is 3.22. The van der Waals surface area contributed by atoms with Crippen LogP contribution in [0.5, 0.6) is 0 Å². The summed E-state index contributed by atoms with van der Waals surface area (Å²) >= 11 is 0. The third-order valence-electron chi connectivity index (χ3n) is 5.04. The Labute approximate surface area is 168 Å². The van der Waals surface area contributed by atoms with Crippen LogP contribution in [0, 0.1) is 19.7 Å². The molecule has 0 saturated heterocycles. The molecule has 148 valence electrons. The molecule has 2 aromatic heterocycles. The minimum atomic E-state index is -0.430. The Bertz CT molecular complexity index is 1040. The number of amides is 1. The van der Waals surface area contributed by atoms with Crippen molar-refractivity contribution >= 4 is 24.0 Å². The van der Waals surface area contributed by atoms with Crippen molar-refractivity contribution in [2.45, 2.75) is 26.8 Å². The number of hydrogen-bond donors (Lipinski definition) is 3. The number of H-pyrrole nitrogens is 1. The molecule has 1 aromatic carbocycles. The van der Waals surface area contributed by atoms with Gasteiger partial charge in [-0.1, -0.05) is 6.07 Å². The number of aromatic nitrogens is 4. The van der Waals surface area contributed by atoms with Crippen molar-refractivity contribution in [1.29, 1.82) is 0 Å². The summed E-state index contributed by atoms with van der Waals surface area (Å²) in [4.78, 5) is 12.6. The van der Waals surface area contributed by atoms with Crippen LogP contribution < -0.4 is 10.6 Å². The molecule has 3 aromatic rings. The van der Waals surface area contributed by atoms with Crippen molar-refractivity contribution in [2.24, 2.45) is 7.05 Å². The summed E-state index contributed by atoms with van der Waals surface area (Å²) in [6.07, 6.45) is 0.610. The minimum Gasteiger partial charge on any atom is -0.318 e. The largest absolute Gasteiger partial charge is 0.318 e. The lowest BCUT2D eigenvalue weighted by Gasteiger charge is -2.19. The zero-order valence-corrected chi connectivity index (χ0v) is 16.7. The Balaban J connectivity index is 0.00000225. The van der Waals surface area contributed by atoms with Gasteiger partial charge in [0.05, 0.1) is 17.1 Å². The van der Waals surface area contributed by atoms with Crippen molar-refractivity contribution in [2.75, 3.05) is 11.9 Å². The van der Waals surface area contributed by atoms with Gasteiger partial charge in [0, 0.05) is 24.8 Å². The van der Waals surface area contributed by atoms with E-state index in [-0.39, 0.29) is 29.6 Å². The first-order chi connectivity index (χ1) is 13.0. The molecule has 3 N–H and O–H groups in total. The summed E-state index contributed by atoms with van der Waals surface area (Å²) in [7, 11) is 1.86. The van der Waals surface area contributed by atoms with Gasteiger partial charge in [0.2, 0.25) is 0 Å². The number of carbonyl (C=O) groups excluding carboxylic acids is 1. The van der Waals surface area contributed by atoms with E-state index in [0.717, 1.165) is 29.1 Å². The summed E-state index contributed by atoms with van der Waals surface area (Å²) in [6, 6.07) is 5.11. The molecule has 4 rings (SSSR count).